The monoisotopic (exact) mass is 191 g/mol. The van der Waals surface area contributed by atoms with Gasteiger partial charge in [0.2, 0.25) is 0 Å². The van der Waals surface area contributed by atoms with Gasteiger partial charge in [0.25, 0.3) is 0 Å². The maximum Gasteiger partial charge on any atom is 0.123 e. The second-order valence-electron chi connectivity index (χ2n) is 4.17. The molecule has 0 spiro atoms. The van der Waals surface area contributed by atoms with Crippen LogP contribution in [0.25, 0.3) is 0 Å². The summed E-state index contributed by atoms with van der Waals surface area (Å²) in [6.45, 7) is 2.14. The molecule has 0 unspecified atom stereocenters. The molecular weight excluding hydrogens is 174 g/mol. The first kappa shape index (κ1) is 9.53. The summed E-state index contributed by atoms with van der Waals surface area (Å²) >= 11 is 0. The summed E-state index contributed by atoms with van der Waals surface area (Å²) in [5.74, 6) is 1.05. The van der Waals surface area contributed by atoms with Gasteiger partial charge < -0.3 is 9.64 Å². The Kier molecular flexibility index (Phi) is 2.46. The Bertz CT molecular complexity index is 322. The largest absolute Gasteiger partial charge is 0.489 e. The molecule has 2 heteroatoms. The summed E-state index contributed by atoms with van der Waals surface area (Å²) < 4.78 is 5.86. The van der Waals surface area contributed by atoms with E-state index >= 15 is 0 Å². The van der Waals surface area contributed by atoms with Crippen LogP contribution < -0.4 is 4.74 Å². The van der Waals surface area contributed by atoms with Crippen molar-refractivity contribution in [3.05, 3.63) is 29.8 Å². The Balaban J connectivity index is 2.27. The maximum absolute atomic E-state index is 5.86. The summed E-state index contributed by atoms with van der Waals surface area (Å²) in [7, 11) is 4.22. The Hall–Kier alpha value is -1.02. The summed E-state index contributed by atoms with van der Waals surface area (Å²) in [6, 6.07) is 8.80. The van der Waals surface area contributed by atoms with Crippen LogP contribution in [-0.4, -0.2) is 31.1 Å². The first-order valence-electron chi connectivity index (χ1n) is 5.09. The van der Waals surface area contributed by atoms with Crippen molar-refractivity contribution in [2.75, 3.05) is 14.1 Å². The van der Waals surface area contributed by atoms with E-state index < -0.39 is 0 Å². The fraction of sp³-hybridized carbons (Fsp3) is 0.500. The molecule has 0 saturated carbocycles. The number of hydrogen-bond donors (Lipinski definition) is 0. The molecule has 0 N–H and O–H groups in total. The van der Waals surface area contributed by atoms with Gasteiger partial charge >= 0.3 is 0 Å². The molecule has 0 bridgehead atoms. The quantitative estimate of drug-likeness (QED) is 0.672. The van der Waals surface area contributed by atoms with E-state index in [1.54, 1.807) is 0 Å². The van der Waals surface area contributed by atoms with Crippen LogP contribution in [0.4, 0.5) is 0 Å². The molecule has 0 fully saturated rings. The molecule has 14 heavy (non-hydrogen) atoms. The molecule has 0 radical (unpaired) electrons. The van der Waals surface area contributed by atoms with Crippen molar-refractivity contribution in [1.82, 2.24) is 4.90 Å². The normalized spacial score (nSPS) is 25.7. The third kappa shape index (κ3) is 1.62. The minimum atomic E-state index is 0.278. The summed E-state index contributed by atoms with van der Waals surface area (Å²) in [4.78, 5) is 2.24. The SMILES string of the molecule is C[C@H]1Oc2ccccc2C[C@H]1N(C)C. The highest BCUT2D eigenvalue weighted by Crippen LogP contribution is 2.28. The fourth-order valence-electron chi connectivity index (χ4n) is 2.06. The summed E-state index contributed by atoms with van der Waals surface area (Å²) in [5.41, 5.74) is 1.32. The number of benzene rings is 1. The first-order chi connectivity index (χ1) is 6.68. The fourth-order valence-corrected chi connectivity index (χ4v) is 2.06. The van der Waals surface area contributed by atoms with Gasteiger partial charge in [-0.05, 0) is 39.1 Å². The van der Waals surface area contributed by atoms with Crippen LogP contribution in [0, 0.1) is 0 Å². The van der Waals surface area contributed by atoms with Crippen molar-refractivity contribution < 1.29 is 4.74 Å². The zero-order valence-corrected chi connectivity index (χ0v) is 9.03. The van der Waals surface area contributed by atoms with E-state index in [9.17, 15) is 0 Å². The van der Waals surface area contributed by atoms with E-state index in [0.29, 0.717) is 6.04 Å². The molecule has 1 aromatic rings. The van der Waals surface area contributed by atoms with Crippen LogP contribution in [-0.2, 0) is 6.42 Å². The molecule has 0 saturated heterocycles. The zero-order chi connectivity index (χ0) is 10.1. The number of rotatable bonds is 1. The number of para-hydroxylation sites is 1. The smallest absolute Gasteiger partial charge is 0.123 e. The van der Waals surface area contributed by atoms with Crippen molar-refractivity contribution in [2.24, 2.45) is 0 Å². The minimum absolute atomic E-state index is 0.278. The third-order valence-electron chi connectivity index (χ3n) is 2.92. The van der Waals surface area contributed by atoms with E-state index in [-0.39, 0.29) is 6.10 Å². The highest BCUT2D eigenvalue weighted by atomic mass is 16.5. The maximum atomic E-state index is 5.86. The standard InChI is InChI=1S/C12H17NO/c1-9-11(13(2)3)8-10-6-4-5-7-12(10)14-9/h4-7,9,11H,8H2,1-3H3/t9-,11-/m1/s1. The highest BCUT2D eigenvalue weighted by molar-refractivity contribution is 5.36. The molecule has 2 rings (SSSR count). The van der Waals surface area contributed by atoms with Gasteiger partial charge in [0.05, 0.1) is 0 Å². The van der Waals surface area contributed by atoms with Crippen molar-refractivity contribution in [3.63, 3.8) is 0 Å². The summed E-state index contributed by atoms with van der Waals surface area (Å²) in [6.07, 6.45) is 1.37. The first-order valence-corrected chi connectivity index (χ1v) is 5.09. The van der Waals surface area contributed by atoms with Gasteiger partial charge in [-0.15, -0.1) is 0 Å². The number of hydrogen-bond acceptors (Lipinski definition) is 2. The Morgan fingerprint density at radius 1 is 1.29 bits per heavy atom. The minimum Gasteiger partial charge on any atom is -0.489 e. The van der Waals surface area contributed by atoms with E-state index in [1.165, 1.54) is 5.56 Å². The van der Waals surface area contributed by atoms with E-state index in [0.717, 1.165) is 12.2 Å². The number of ether oxygens (including phenoxy) is 1. The molecular formula is C12H17NO. The van der Waals surface area contributed by atoms with Crippen LogP contribution in [0.3, 0.4) is 0 Å². The Morgan fingerprint density at radius 2 is 2.00 bits per heavy atom. The number of nitrogens with zero attached hydrogens (tertiary/aromatic N) is 1. The van der Waals surface area contributed by atoms with Crippen molar-refractivity contribution >= 4 is 0 Å². The van der Waals surface area contributed by atoms with Gasteiger partial charge in [0.1, 0.15) is 11.9 Å². The average molecular weight is 191 g/mol. The van der Waals surface area contributed by atoms with E-state index in [1.807, 2.05) is 6.07 Å². The van der Waals surface area contributed by atoms with E-state index in [4.69, 9.17) is 4.74 Å². The van der Waals surface area contributed by atoms with Crippen LogP contribution in [0.15, 0.2) is 24.3 Å². The summed E-state index contributed by atoms with van der Waals surface area (Å²) in [5, 5.41) is 0. The lowest BCUT2D eigenvalue weighted by Crippen LogP contribution is -2.44. The van der Waals surface area contributed by atoms with Crippen LogP contribution in [0.2, 0.25) is 0 Å². The second-order valence-corrected chi connectivity index (χ2v) is 4.17. The average Bonchev–Trinajstić information content (AvgIpc) is 2.16. The molecule has 2 nitrogen and oxygen atoms in total. The third-order valence-corrected chi connectivity index (χ3v) is 2.92. The molecule has 1 aliphatic rings. The topological polar surface area (TPSA) is 12.5 Å². The van der Waals surface area contributed by atoms with Crippen LogP contribution >= 0.6 is 0 Å². The molecule has 0 aromatic heterocycles. The molecule has 0 aliphatic carbocycles. The lowest BCUT2D eigenvalue weighted by atomic mass is 9.97. The number of fused-ring (bicyclic) bond motifs is 1. The lowest BCUT2D eigenvalue weighted by Gasteiger charge is -2.35. The van der Waals surface area contributed by atoms with Gasteiger partial charge in [-0.3, -0.25) is 0 Å². The number of likely N-dealkylation sites (N-methyl/N-ethyl adjacent to an activating group) is 1. The van der Waals surface area contributed by atoms with Crippen molar-refractivity contribution in [1.29, 1.82) is 0 Å². The van der Waals surface area contributed by atoms with Crippen LogP contribution in [0.5, 0.6) is 5.75 Å². The predicted octanol–water partition coefficient (Wildman–Crippen LogP) is 1.94. The van der Waals surface area contributed by atoms with Crippen molar-refractivity contribution in [3.8, 4) is 5.75 Å². The second kappa shape index (κ2) is 3.62. The van der Waals surface area contributed by atoms with Gasteiger partial charge in [0.15, 0.2) is 0 Å². The van der Waals surface area contributed by atoms with E-state index in [2.05, 4.69) is 44.1 Å². The van der Waals surface area contributed by atoms with Crippen LogP contribution in [0.1, 0.15) is 12.5 Å². The van der Waals surface area contributed by atoms with Gasteiger partial charge in [-0.1, -0.05) is 18.2 Å². The molecule has 1 aromatic carbocycles. The molecule has 0 amide bonds. The lowest BCUT2D eigenvalue weighted by molar-refractivity contribution is 0.0927. The Labute approximate surface area is 85.5 Å². The van der Waals surface area contributed by atoms with Gasteiger partial charge in [-0.2, -0.15) is 0 Å². The van der Waals surface area contributed by atoms with Crippen molar-refractivity contribution in [2.45, 2.75) is 25.5 Å². The molecule has 76 valence electrons. The Morgan fingerprint density at radius 3 is 2.71 bits per heavy atom. The zero-order valence-electron chi connectivity index (χ0n) is 9.03. The highest BCUT2D eigenvalue weighted by Gasteiger charge is 2.27. The molecule has 1 aliphatic heterocycles. The van der Waals surface area contributed by atoms with Gasteiger partial charge in [0, 0.05) is 6.04 Å². The van der Waals surface area contributed by atoms with Gasteiger partial charge in [-0.25, -0.2) is 0 Å². The molecule has 1 heterocycles. The molecule has 2 atom stereocenters. The predicted molar refractivity (Wildman–Crippen MR) is 57.7 cm³/mol.